The van der Waals surface area contributed by atoms with Crippen molar-refractivity contribution in [3.8, 4) is 10.6 Å². The minimum Gasteiger partial charge on any atom is -0.325 e. The summed E-state index contributed by atoms with van der Waals surface area (Å²) in [5, 5.41) is 12.0. The first kappa shape index (κ1) is 20.3. The standard InChI is InChI=1S/C18H15F3N4OS2/c1-10-17(28-11(2)22-10)14-7-8-16(25-24-14)27-9-15(26)23-13-6-4-3-5-12(13)18(19,20)21/h3-8H,9H2,1-2H3,(H,23,26). The van der Waals surface area contributed by atoms with Crippen molar-refractivity contribution < 1.29 is 18.0 Å². The molecule has 0 bridgehead atoms. The van der Waals surface area contributed by atoms with Crippen LogP contribution in [-0.4, -0.2) is 26.8 Å². The van der Waals surface area contributed by atoms with Crippen molar-refractivity contribution in [2.24, 2.45) is 0 Å². The summed E-state index contributed by atoms with van der Waals surface area (Å²) in [6.45, 7) is 3.81. The lowest BCUT2D eigenvalue weighted by molar-refractivity contribution is -0.137. The first-order chi connectivity index (χ1) is 13.2. The van der Waals surface area contributed by atoms with Gasteiger partial charge in [-0.3, -0.25) is 4.79 Å². The maximum absolute atomic E-state index is 13.0. The SMILES string of the molecule is Cc1nc(C)c(-c2ccc(SCC(=O)Nc3ccccc3C(F)(F)F)nn2)s1. The number of aryl methyl sites for hydroxylation is 2. The molecule has 0 fully saturated rings. The molecule has 3 rings (SSSR count). The highest BCUT2D eigenvalue weighted by atomic mass is 32.2. The second-order valence-electron chi connectivity index (χ2n) is 5.78. The lowest BCUT2D eigenvalue weighted by atomic mass is 10.1. The normalized spacial score (nSPS) is 11.5. The van der Waals surface area contributed by atoms with Gasteiger partial charge in [0.05, 0.1) is 32.6 Å². The highest BCUT2D eigenvalue weighted by molar-refractivity contribution is 7.99. The molecule has 0 atom stereocenters. The molecule has 5 nitrogen and oxygen atoms in total. The monoisotopic (exact) mass is 424 g/mol. The Hall–Kier alpha value is -2.46. The van der Waals surface area contributed by atoms with Gasteiger partial charge in [0, 0.05) is 0 Å². The number of halogens is 3. The molecule has 0 aliphatic heterocycles. The van der Waals surface area contributed by atoms with E-state index in [1.54, 1.807) is 12.1 Å². The Labute approximate surface area is 167 Å². The van der Waals surface area contributed by atoms with Crippen LogP contribution in [-0.2, 0) is 11.0 Å². The molecular weight excluding hydrogens is 409 g/mol. The molecule has 0 saturated heterocycles. The van der Waals surface area contributed by atoms with Gasteiger partial charge >= 0.3 is 6.18 Å². The van der Waals surface area contributed by atoms with Crippen molar-refractivity contribution in [3.63, 3.8) is 0 Å². The van der Waals surface area contributed by atoms with E-state index in [4.69, 9.17) is 0 Å². The fraction of sp³-hybridized carbons (Fsp3) is 0.222. The summed E-state index contributed by atoms with van der Waals surface area (Å²) >= 11 is 2.61. The Morgan fingerprint density at radius 2 is 1.89 bits per heavy atom. The highest BCUT2D eigenvalue weighted by Crippen LogP contribution is 2.34. The van der Waals surface area contributed by atoms with Crippen molar-refractivity contribution in [1.82, 2.24) is 15.2 Å². The van der Waals surface area contributed by atoms with Gasteiger partial charge in [0.1, 0.15) is 10.7 Å². The van der Waals surface area contributed by atoms with E-state index in [9.17, 15) is 18.0 Å². The van der Waals surface area contributed by atoms with Gasteiger partial charge in [0.2, 0.25) is 5.91 Å². The molecule has 0 unspecified atom stereocenters. The minimum absolute atomic E-state index is 0.0844. The van der Waals surface area contributed by atoms with E-state index in [2.05, 4.69) is 20.5 Å². The molecule has 2 aromatic heterocycles. The quantitative estimate of drug-likeness (QED) is 0.586. The first-order valence-electron chi connectivity index (χ1n) is 8.11. The minimum atomic E-state index is -4.54. The molecule has 1 N–H and O–H groups in total. The number of nitrogens with zero attached hydrogens (tertiary/aromatic N) is 3. The van der Waals surface area contributed by atoms with Gasteiger partial charge in [-0.2, -0.15) is 13.2 Å². The average molecular weight is 424 g/mol. The second-order valence-corrected chi connectivity index (χ2v) is 7.98. The van der Waals surface area contributed by atoms with Crippen LogP contribution >= 0.6 is 23.1 Å². The Morgan fingerprint density at radius 3 is 2.50 bits per heavy atom. The Kier molecular flexibility index (Phi) is 5.99. The third-order valence-electron chi connectivity index (χ3n) is 3.63. The summed E-state index contributed by atoms with van der Waals surface area (Å²) in [6, 6.07) is 8.36. The lowest BCUT2D eigenvalue weighted by Gasteiger charge is -2.13. The zero-order valence-corrected chi connectivity index (χ0v) is 16.5. The molecule has 0 aliphatic carbocycles. The number of nitrogens with one attached hydrogen (secondary N) is 1. The number of amides is 1. The molecule has 0 saturated carbocycles. The van der Waals surface area contributed by atoms with Gasteiger partial charge in [-0.1, -0.05) is 23.9 Å². The Bertz CT molecular complexity index is 987. The maximum Gasteiger partial charge on any atom is 0.418 e. The number of rotatable bonds is 5. The van der Waals surface area contributed by atoms with Crippen LogP contribution in [0.4, 0.5) is 18.9 Å². The summed E-state index contributed by atoms with van der Waals surface area (Å²) in [7, 11) is 0. The fourth-order valence-electron chi connectivity index (χ4n) is 2.45. The number of hydrogen-bond donors (Lipinski definition) is 1. The van der Waals surface area contributed by atoms with Gasteiger partial charge in [-0.25, -0.2) is 4.98 Å². The molecule has 0 radical (unpaired) electrons. The van der Waals surface area contributed by atoms with Crippen LogP contribution in [0.5, 0.6) is 0 Å². The number of carbonyl (C=O) groups excluding carboxylic acids is 1. The summed E-state index contributed by atoms with van der Waals surface area (Å²) in [6.07, 6.45) is -4.54. The third-order valence-corrected chi connectivity index (χ3v) is 5.65. The Morgan fingerprint density at radius 1 is 1.14 bits per heavy atom. The zero-order chi connectivity index (χ0) is 20.3. The molecule has 0 spiro atoms. The lowest BCUT2D eigenvalue weighted by Crippen LogP contribution is -2.18. The van der Waals surface area contributed by atoms with E-state index in [0.29, 0.717) is 10.7 Å². The van der Waals surface area contributed by atoms with Gasteiger partial charge in [-0.05, 0) is 38.1 Å². The molecule has 10 heteroatoms. The van der Waals surface area contributed by atoms with Gasteiger partial charge in [0.25, 0.3) is 0 Å². The van der Waals surface area contributed by atoms with E-state index >= 15 is 0 Å². The highest BCUT2D eigenvalue weighted by Gasteiger charge is 2.33. The van der Waals surface area contributed by atoms with E-state index in [1.165, 1.54) is 29.5 Å². The number of benzene rings is 1. The number of thioether (sulfide) groups is 1. The van der Waals surface area contributed by atoms with Crippen LogP contribution in [0.2, 0.25) is 0 Å². The first-order valence-corrected chi connectivity index (χ1v) is 9.91. The number of para-hydroxylation sites is 1. The van der Waals surface area contributed by atoms with E-state index in [0.717, 1.165) is 33.4 Å². The number of thiazole rings is 1. The predicted octanol–water partition coefficient (Wildman–Crippen LogP) is 4.97. The zero-order valence-electron chi connectivity index (χ0n) is 14.9. The molecule has 0 aliphatic rings. The average Bonchev–Trinajstić information content (AvgIpc) is 2.98. The van der Waals surface area contributed by atoms with Crippen molar-refractivity contribution >= 4 is 34.7 Å². The van der Waals surface area contributed by atoms with Crippen molar-refractivity contribution in [1.29, 1.82) is 0 Å². The molecule has 146 valence electrons. The van der Waals surface area contributed by atoms with Crippen molar-refractivity contribution in [3.05, 3.63) is 52.7 Å². The molecule has 3 aromatic rings. The largest absolute Gasteiger partial charge is 0.418 e. The van der Waals surface area contributed by atoms with Crippen LogP contribution in [0.15, 0.2) is 41.4 Å². The van der Waals surface area contributed by atoms with Crippen LogP contribution in [0.3, 0.4) is 0 Å². The third kappa shape index (κ3) is 4.87. The summed E-state index contributed by atoms with van der Waals surface area (Å²) in [4.78, 5) is 17.3. The molecule has 1 aromatic carbocycles. The summed E-state index contributed by atoms with van der Waals surface area (Å²) in [5.74, 6) is -0.639. The van der Waals surface area contributed by atoms with E-state index in [-0.39, 0.29) is 11.4 Å². The number of alkyl halides is 3. The maximum atomic E-state index is 13.0. The molecule has 1 amide bonds. The molecular formula is C18H15F3N4OS2. The molecule has 28 heavy (non-hydrogen) atoms. The van der Waals surface area contributed by atoms with Crippen LogP contribution in [0, 0.1) is 13.8 Å². The van der Waals surface area contributed by atoms with Crippen LogP contribution in [0.1, 0.15) is 16.3 Å². The summed E-state index contributed by atoms with van der Waals surface area (Å²) in [5.41, 5.74) is 0.418. The number of carbonyl (C=O) groups is 1. The van der Waals surface area contributed by atoms with Gasteiger partial charge in [-0.15, -0.1) is 21.5 Å². The van der Waals surface area contributed by atoms with Crippen LogP contribution < -0.4 is 5.32 Å². The smallest absolute Gasteiger partial charge is 0.325 e. The topological polar surface area (TPSA) is 67.8 Å². The van der Waals surface area contributed by atoms with Gasteiger partial charge in [0.15, 0.2) is 0 Å². The second kappa shape index (κ2) is 8.27. The number of anilines is 1. The van der Waals surface area contributed by atoms with Crippen molar-refractivity contribution in [2.75, 3.05) is 11.1 Å². The Balaban J connectivity index is 1.62. The number of hydrogen-bond acceptors (Lipinski definition) is 6. The number of aromatic nitrogens is 3. The predicted molar refractivity (Wildman–Crippen MR) is 103 cm³/mol. The van der Waals surface area contributed by atoms with E-state index in [1.807, 2.05) is 13.8 Å². The van der Waals surface area contributed by atoms with Gasteiger partial charge < -0.3 is 5.32 Å². The van der Waals surface area contributed by atoms with Crippen LogP contribution in [0.25, 0.3) is 10.6 Å². The molecule has 2 heterocycles. The van der Waals surface area contributed by atoms with E-state index < -0.39 is 17.6 Å². The van der Waals surface area contributed by atoms with Crippen molar-refractivity contribution in [2.45, 2.75) is 25.0 Å². The fourth-order valence-corrected chi connectivity index (χ4v) is 3.95. The summed E-state index contributed by atoms with van der Waals surface area (Å²) < 4.78 is 38.9.